The Hall–Kier alpha value is -2.14. The van der Waals surface area contributed by atoms with Crippen LogP contribution in [0.25, 0.3) is 0 Å². The van der Waals surface area contributed by atoms with Crippen LogP contribution < -0.4 is 10.6 Å². The second-order valence-corrected chi connectivity index (χ2v) is 8.76. The number of hydrogen-bond donors (Lipinski definition) is 2. The van der Waals surface area contributed by atoms with Crippen LogP contribution in [0, 0.1) is 5.92 Å². The number of nitrogens with one attached hydrogen (secondary N) is 2. The molecule has 1 fully saturated rings. The summed E-state index contributed by atoms with van der Waals surface area (Å²) < 4.78 is 0. The van der Waals surface area contributed by atoms with Gasteiger partial charge in [0.05, 0.1) is 4.88 Å². The van der Waals surface area contributed by atoms with Gasteiger partial charge in [-0.1, -0.05) is 25.0 Å². The van der Waals surface area contributed by atoms with Crippen LogP contribution in [0.5, 0.6) is 0 Å². The molecule has 4 nitrogen and oxygen atoms in total. The summed E-state index contributed by atoms with van der Waals surface area (Å²) in [6, 6.07) is 9.81. The van der Waals surface area contributed by atoms with Crippen molar-refractivity contribution in [3.63, 3.8) is 0 Å². The van der Waals surface area contributed by atoms with E-state index >= 15 is 0 Å². The Balaban J connectivity index is 1.36. The lowest BCUT2D eigenvalue weighted by Crippen LogP contribution is -2.22. The summed E-state index contributed by atoms with van der Waals surface area (Å²) in [6.45, 7) is 0.467. The van der Waals surface area contributed by atoms with Gasteiger partial charge in [0.1, 0.15) is 0 Å². The van der Waals surface area contributed by atoms with Crippen LogP contribution in [0.2, 0.25) is 0 Å². The first-order valence-corrected chi connectivity index (χ1v) is 10.8. The number of carbonyl (C=O) groups excluding carboxylic acids is 2. The van der Waals surface area contributed by atoms with E-state index in [1.54, 1.807) is 11.3 Å². The Morgan fingerprint density at radius 1 is 1.04 bits per heavy atom. The minimum atomic E-state index is -0.000772. The van der Waals surface area contributed by atoms with Crippen molar-refractivity contribution in [3.8, 4) is 0 Å². The highest BCUT2D eigenvalue weighted by molar-refractivity contribution is 7.14. The fraction of sp³-hybridized carbons (Fsp3) is 0.455. The van der Waals surface area contributed by atoms with Crippen molar-refractivity contribution in [2.24, 2.45) is 5.92 Å². The lowest BCUT2D eigenvalue weighted by Gasteiger charge is -2.08. The molecule has 1 aromatic carbocycles. The normalized spacial score (nSPS) is 16.7. The van der Waals surface area contributed by atoms with E-state index in [0.717, 1.165) is 41.8 Å². The van der Waals surface area contributed by atoms with E-state index < -0.39 is 0 Å². The topological polar surface area (TPSA) is 58.2 Å². The molecule has 0 spiro atoms. The second-order valence-electron chi connectivity index (χ2n) is 7.62. The fourth-order valence-electron chi connectivity index (χ4n) is 3.57. The average molecular weight is 383 g/mol. The van der Waals surface area contributed by atoms with Gasteiger partial charge in [-0.15, -0.1) is 11.3 Å². The van der Waals surface area contributed by atoms with Crippen molar-refractivity contribution in [2.75, 3.05) is 5.32 Å². The minimum Gasteiger partial charge on any atom is -0.347 e. The van der Waals surface area contributed by atoms with Crippen LogP contribution in [0.4, 0.5) is 5.69 Å². The molecule has 2 amide bonds. The first kappa shape index (κ1) is 18.2. The SMILES string of the molecule is O=C(NCc1cccc(NC(=O)C2CC2)c1)c1cc2c(s1)CCCCCC2. The number of aryl methyl sites for hydroxylation is 2. The number of anilines is 1. The quantitative estimate of drug-likeness (QED) is 0.788. The molecule has 142 valence electrons. The smallest absolute Gasteiger partial charge is 0.261 e. The molecule has 27 heavy (non-hydrogen) atoms. The van der Waals surface area contributed by atoms with Gasteiger partial charge >= 0.3 is 0 Å². The predicted molar refractivity (Wildman–Crippen MR) is 109 cm³/mol. The molecule has 2 aliphatic rings. The number of hydrogen-bond acceptors (Lipinski definition) is 3. The number of rotatable bonds is 5. The lowest BCUT2D eigenvalue weighted by molar-refractivity contribution is -0.117. The molecule has 0 atom stereocenters. The van der Waals surface area contributed by atoms with Gasteiger partial charge in [-0.3, -0.25) is 9.59 Å². The average Bonchev–Trinajstić information content (AvgIpc) is 3.43. The maximum Gasteiger partial charge on any atom is 0.261 e. The zero-order valence-corrected chi connectivity index (χ0v) is 16.4. The summed E-state index contributed by atoms with van der Waals surface area (Å²) in [7, 11) is 0. The van der Waals surface area contributed by atoms with E-state index in [1.165, 1.54) is 36.1 Å². The molecule has 2 N–H and O–H groups in total. The summed E-state index contributed by atoms with van der Waals surface area (Å²) in [5.74, 6) is 0.290. The van der Waals surface area contributed by atoms with Gasteiger partial charge in [-0.25, -0.2) is 0 Å². The molecule has 2 aromatic rings. The van der Waals surface area contributed by atoms with Gasteiger partial charge in [-0.2, -0.15) is 0 Å². The van der Waals surface area contributed by atoms with Crippen LogP contribution in [-0.2, 0) is 24.2 Å². The third kappa shape index (κ3) is 4.78. The molecular formula is C22H26N2O2S. The van der Waals surface area contributed by atoms with Crippen molar-refractivity contribution in [3.05, 3.63) is 51.2 Å². The first-order chi connectivity index (χ1) is 13.2. The molecule has 0 saturated heterocycles. The van der Waals surface area contributed by atoms with Crippen LogP contribution in [0.3, 0.4) is 0 Å². The predicted octanol–water partition coefficient (Wildman–Crippen LogP) is 4.69. The molecule has 0 bridgehead atoms. The van der Waals surface area contributed by atoms with Crippen LogP contribution in [0.1, 0.15) is 64.2 Å². The van der Waals surface area contributed by atoms with E-state index in [2.05, 4.69) is 16.7 Å². The van der Waals surface area contributed by atoms with E-state index in [9.17, 15) is 9.59 Å². The zero-order valence-electron chi connectivity index (χ0n) is 15.6. The summed E-state index contributed by atoms with van der Waals surface area (Å²) in [6.07, 6.45) is 9.24. The monoisotopic (exact) mass is 382 g/mol. The molecule has 1 saturated carbocycles. The van der Waals surface area contributed by atoms with Crippen molar-refractivity contribution >= 4 is 28.8 Å². The fourth-order valence-corrected chi connectivity index (χ4v) is 4.74. The standard InChI is InChI=1S/C22H26N2O2S/c25-21(16-10-11-16)24-18-8-5-6-15(12-18)14-23-22(26)20-13-17-7-3-1-2-4-9-19(17)27-20/h5-6,8,12-13,16H,1-4,7,9-11,14H2,(H,23,26)(H,24,25). The van der Waals surface area contributed by atoms with Crippen molar-refractivity contribution in [2.45, 2.75) is 57.9 Å². The lowest BCUT2D eigenvalue weighted by atomic mass is 10.00. The molecule has 0 unspecified atom stereocenters. The number of amides is 2. The van der Waals surface area contributed by atoms with Crippen molar-refractivity contribution < 1.29 is 9.59 Å². The summed E-state index contributed by atoms with van der Waals surface area (Å²) in [5.41, 5.74) is 3.17. The summed E-state index contributed by atoms with van der Waals surface area (Å²) >= 11 is 1.65. The van der Waals surface area contributed by atoms with E-state index in [0.29, 0.717) is 6.54 Å². The highest BCUT2D eigenvalue weighted by Gasteiger charge is 2.29. The van der Waals surface area contributed by atoms with E-state index in [-0.39, 0.29) is 17.7 Å². The zero-order chi connectivity index (χ0) is 18.6. The highest BCUT2D eigenvalue weighted by Crippen LogP contribution is 2.30. The first-order valence-electron chi connectivity index (χ1n) is 9.98. The van der Waals surface area contributed by atoms with E-state index in [4.69, 9.17) is 0 Å². The van der Waals surface area contributed by atoms with Crippen molar-refractivity contribution in [1.82, 2.24) is 5.32 Å². The second kappa shape index (κ2) is 8.26. The molecule has 1 heterocycles. The van der Waals surface area contributed by atoms with Gasteiger partial charge in [0, 0.05) is 23.0 Å². The number of benzene rings is 1. The summed E-state index contributed by atoms with van der Waals surface area (Å²) in [5, 5.41) is 5.99. The maximum absolute atomic E-state index is 12.6. The minimum absolute atomic E-state index is 0.000772. The Morgan fingerprint density at radius 3 is 2.67 bits per heavy atom. The number of thiophene rings is 1. The van der Waals surface area contributed by atoms with E-state index in [1.807, 2.05) is 24.3 Å². The van der Waals surface area contributed by atoms with Crippen LogP contribution in [-0.4, -0.2) is 11.8 Å². The van der Waals surface area contributed by atoms with Gasteiger partial charge in [0.25, 0.3) is 5.91 Å². The third-order valence-corrected chi connectivity index (χ3v) is 6.55. The Labute approximate surface area is 164 Å². The largest absolute Gasteiger partial charge is 0.347 e. The molecule has 1 aromatic heterocycles. The van der Waals surface area contributed by atoms with Crippen LogP contribution >= 0.6 is 11.3 Å². The summed E-state index contributed by atoms with van der Waals surface area (Å²) in [4.78, 5) is 26.7. The number of fused-ring (bicyclic) bond motifs is 1. The molecule has 5 heteroatoms. The maximum atomic E-state index is 12.6. The van der Waals surface area contributed by atoms with Gasteiger partial charge < -0.3 is 10.6 Å². The van der Waals surface area contributed by atoms with Gasteiger partial charge in [0.15, 0.2) is 0 Å². The molecule has 0 aliphatic heterocycles. The molecule has 4 rings (SSSR count). The Kier molecular flexibility index (Phi) is 5.58. The van der Waals surface area contributed by atoms with Gasteiger partial charge in [0.2, 0.25) is 5.91 Å². The molecule has 2 aliphatic carbocycles. The van der Waals surface area contributed by atoms with Crippen molar-refractivity contribution in [1.29, 1.82) is 0 Å². The highest BCUT2D eigenvalue weighted by atomic mass is 32.1. The Bertz CT molecular complexity index is 813. The third-order valence-electron chi connectivity index (χ3n) is 5.32. The molecular weight excluding hydrogens is 356 g/mol. The Morgan fingerprint density at radius 2 is 1.85 bits per heavy atom. The van der Waals surface area contributed by atoms with Gasteiger partial charge in [-0.05, 0) is 67.9 Å². The number of carbonyl (C=O) groups is 2. The van der Waals surface area contributed by atoms with Crippen LogP contribution in [0.15, 0.2) is 30.3 Å². The molecule has 0 radical (unpaired) electrons.